The highest BCUT2D eigenvalue weighted by molar-refractivity contribution is 8.00. The molecule has 2 rings (SSSR count). The average Bonchev–Trinajstić information content (AvgIpc) is 2.42. The fourth-order valence-electron chi connectivity index (χ4n) is 1.82. The Hall–Kier alpha value is -0.110. The van der Waals surface area contributed by atoms with Gasteiger partial charge in [-0.1, -0.05) is 13.0 Å². The van der Waals surface area contributed by atoms with Gasteiger partial charge in [-0.15, -0.1) is 11.8 Å². The molecule has 0 N–H and O–H groups in total. The molecule has 2 aliphatic rings. The second kappa shape index (κ2) is 2.19. The Balaban J connectivity index is 2.20. The lowest BCUT2D eigenvalue weighted by atomic mass is 10.1. The number of fused-ring (bicyclic) bond motifs is 1. The molecule has 2 aliphatic heterocycles. The first-order chi connectivity index (χ1) is 4.87. The van der Waals surface area contributed by atoms with Crippen LogP contribution >= 0.6 is 11.8 Å². The van der Waals surface area contributed by atoms with Crippen LogP contribution in [0.4, 0.5) is 0 Å². The maximum absolute atomic E-state index is 2.50. The van der Waals surface area contributed by atoms with Crippen molar-refractivity contribution >= 4 is 11.8 Å². The summed E-state index contributed by atoms with van der Waals surface area (Å²) < 4.78 is 0. The van der Waals surface area contributed by atoms with Gasteiger partial charge in [-0.3, -0.25) is 0 Å². The number of thioether (sulfide) groups is 1. The van der Waals surface area contributed by atoms with Crippen LogP contribution in [-0.2, 0) is 0 Å². The molecule has 1 nitrogen and oxygen atoms in total. The Morgan fingerprint density at radius 1 is 1.70 bits per heavy atom. The van der Waals surface area contributed by atoms with Crippen molar-refractivity contribution in [1.82, 2.24) is 4.90 Å². The minimum Gasteiger partial charge on any atom is -0.362 e. The van der Waals surface area contributed by atoms with E-state index < -0.39 is 0 Å². The van der Waals surface area contributed by atoms with Crippen molar-refractivity contribution in [2.24, 2.45) is 0 Å². The molecule has 0 aliphatic carbocycles. The molecule has 0 spiro atoms. The SMILES string of the molecule is CCC12CC=CN1CCS2. The second-order valence-electron chi connectivity index (χ2n) is 2.93. The molecule has 2 heteroatoms. The van der Waals surface area contributed by atoms with Crippen molar-refractivity contribution in [2.45, 2.75) is 24.6 Å². The van der Waals surface area contributed by atoms with Crippen molar-refractivity contribution in [3.63, 3.8) is 0 Å². The topological polar surface area (TPSA) is 3.24 Å². The summed E-state index contributed by atoms with van der Waals surface area (Å²) in [5, 5.41) is 0. The van der Waals surface area contributed by atoms with Gasteiger partial charge in [0.25, 0.3) is 0 Å². The van der Waals surface area contributed by atoms with Crippen molar-refractivity contribution in [3.8, 4) is 0 Å². The van der Waals surface area contributed by atoms with E-state index in [2.05, 4.69) is 35.9 Å². The summed E-state index contributed by atoms with van der Waals surface area (Å²) in [4.78, 5) is 2.98. The number of hydrogen-bond donors (Lipinski definition) is 0. The summed E-state index contributed by atoms with van der Waals surface area (Å²) in [5.74, 6) is 1.32. The Kier molecular flexibility index (Phi) is 1.44. The molecule has 0 aromatic rings. The maximum atomic E-state index is 2.50. The van der Waals surface area contributed by atoms with E-state index in [1.165, 1.54) is 25.1 Å². The minimum atomic E-state index is 0.486. The van der Waals surface area contributed by atoms with E-state index >= 15 is 0 Å². The summed E-state index contributed by atoms with van der Waals surface area (Å²) >= 11 is 2.12. The second-order valence-corrected chi connectivity index (χ2v) is 4.39. The van der Waals surface area contributed by atoms with Crippen LogP contribution < -0.4 is 0 Å². The average molecular weight is 155 g/mol. The van der Waals surface area contributed by atoms with Crippen LogP contribution in [0.2, 0.25) is 0 Å². The molecular formula is C8H13NS. The largest absolute Gasteiger partial charge is 0.362 e. The quantitative estimate of drug-likeness (QED) is 0.570. The fourth-order valence-corrected chi connectivity index (χ4v) is 3.22. The lowest BCUT2D eigenvalue weighted by Gasteiger charge is -2.30. The molecule has 0 saturated carbocycles. The lowest BCUT2D eigenvalue weighted by molar-refractivity contribution is 0.291. The first-order valence-corrected chi connectivity index (χ1v) is 4.93. The lowest BCUT2D eigenvalue weighted by Crippen LogP contribution is -2.33. The Morgan fingerprint density at radius 3 is 3.30 bits per heavy atom. The number of nitrogens with zero attached hydrogens (tertiary/aromatic N) is 1. The van der Waals surface area contributed by atoms with Crippen molar-refractivity contribution < 1.29 is 0 Å². The van der Waals surface area contributed by atoms with Gasteiger partial charge < -0.3 is 4.90 Å². The Morgan fingerprint density at radius 2 is 2.60 bits per heavy atom. The molecular weight excluding hydrogens is 142 g/mol. The molecule has 1 fully saturated rings. The molecule has 2 heterocycles. The molecule has 0 bridgehead atoms. The fraction of sp³-hybridized carbons (Fsp3) is 0.750. The van der Waals surface area contributed by atoms with E-state index in [4.69, 9.17) is 0 Å². The monoisotopic (exact) mass is 155 g/mol. The van der Waals surface area contributed by atoms with E-state index in [-0.39, 0.29) is 0 Å². The molecule has 1 saturated heterocycles. The zero-order chi connectivity index (χ0) is 7.03. The molecule has 1 unspecified atom stereocenters. The third-order valence-electron chi connectivity index (χ3n) is 2.50. The number of hydrogen-bond acceptors (Lipinski definition) is 2. The predicted octanol–water partition coefficient (Wildman–Crippen LogP) is 2.06. The van der Waals surface area contributed by atoms with Gasteiger partial charge in [0.1, 0.15) is 0 Å². The third-order valence-corrected chi connectivity index (χ3v) is 4.11. The highest BCUT2D eigenvalue weighted by Crippen LogP contribution is 2.44. The molecule has 1 atom stereocenters. The smallest absolute Gasteiger partial charge is 0.0887 e. The first-order valence-electron chi connectivity index (χ1n) is 3.95. The van der Waals surface area contributed by atoms with Crippen LogP contribution in [0, 0.1) is 0 Å². The normalized spacial score (nSPS) is 37.1. The molecule has 0 amide bonds. The standard InChI is InChI=1S/C8H13NS/c1-2-8-4-3-5-9(8)6-7-10-8/h3,5H,2,4,6-7H2,1H3. The van der Waals surface area contributed by atoms with Crippen molar-refractivity contribution in [3.05, 3.63) is 12.3 Å². The van der Waals surface area contributed by atoms with Gasteiger partial charge in [0.2, 0.25) is 0 Å². The highest BCUT2D eigenvalue weighted by atomic mass is 32.2. The molecule has 10 heavy (non-hydrogen) atoms. The van der Waals surface area contributed by atoms with Crippen molar-refractivity contribution in [1.29, 1.82) is 0 Å². The highest BCUT2D eigenvalue weighted by Gasteiger charge is 2.40. The molecule has 0 radical (unpaired) electrons. The zero-order valence-corrected chi connectivity index (χ0v) is 7.16. The van der Waals surface area contributed by atoms with Gasteiger partial charge >= 0.3 is 0 Å². The van der Waals surface area contributed by atoms with Crippen LogP contribution in [0.25, 0.3) is 0 Å². The van der Waals surface area contributed by atoms with Crippen LogP contribution in [0.15, 0.2) is 12.3 Å². The summed E-state index contributed by atoms with van der Waals surface area (Å²) in [6.07, 6.45) is 7.11. The molecule has 56 valence electrons. The van der Waals surface area contributed by atoms with Crippen LogP contribution in [-0.4, -0.2) is 22.1 Å². The summed E-state index contributed by atoms with van der Waals surface area (Å²) in [6.45, 7) is 3.55. The molecule has 0 aromatic carbocycles. The van der Waals surface area contributed by atoms with Gasteiger partial charge in [-0.25, -0.2) is 0 Å². The minimum absolute atomic E-state index is 0.486. The number of rotatable bonds is 1. The van der Waals surface area contributed by atoms with E-state index in [1.807, 2.05) is 0 Å². The molecule has 0 aromatic heterocycles. The van der Waals surface area contributed by atoms with Gasteiger partial charge in [-0.05, 0) is 19.0 Å². The first kappa shape index (κ1) is 6.59. The van der Waals surface area contributed by atoms with Crippen LogP contribution in [0.5, 0.6) is 0 Å². The van der Waals surface area contributed by atoms with Crippen LogP contribution in [0.3, 0.4) is 0 Å². The van der Waals surface area contributed by atoms with Gasteiger partial charge in [0.05, 0.1) is 4.87 Å². The Bertz CT molecular complexity index is 167. The Labute approximate surface area is 66.5 Å². The third kappa shape index (κ3) is 0.715. The maximum Gasteiger partial charge on any atom is 0.0887 e. The van der Waals surface area contributed by atoms with Gasteiger partial charge in [0, 0.05) is 12.3 Å². The van der Waals surface area contributed by atoms with Gasteiger partial charge in [0.15, 0.2) is 0 Å². The summed E-state index contributed by atoms with van der Waals surface area (Å²) in [5.41, 5.74) is 0. The summed E-state index contributed by atoms with van der Waals surface area (Å²) in [6, 6.07) is 0. The van der Waals surface area contributed by atoms with E-state index in [1.54, 1.807) is 0 Å². The van der Waals surface area contributed by atoms with Crippen molar-refractivity contribution in [2.75, 3.05) is 12.3 Å². The van der Waals surface area contributed by atoms with E-state index in [0.29, 0.717) is 4.87 Å². The van der Waals surface area contributed by atoms with Crippen LogP contribution in [0.1, 0.15) is 19.8 Å². The van der Waals surface area contributed by atoms with E-state index in [9.17, 15) is 0 Å². The van der Waals surface area contributed by atoms with E-state index in [0.717, 1.165) is 0 Å². The zero-order valence-electron chi connectivity index (χ0n) is 6.34. The summed E-state index contributed by atoms with van der Waals surface area (Å²) in [7, 11) is 0. The predicted molar refractivity (Wildman–Crippen MR) is 45.9 cm³/mol. The van der Waals surface area contributed by atoms with Gasteiger partial charge in [-0.2, -0.15) is 0 Å².